The predicted molar refractivity (Wildman–Crippen MR) is 86.1 cm³/mol. The van der Waals surface area contributed by atoms with Crippen molar-refractivity contribution in [2.24, 2.45) is 5.92 Å². The van der Waals surface area contributed by atoms with Crippen LogP contribution in [0.4, 0.5) is 0 Å². The van der Waals surface area contributed by atoms with E-state index in [4.69, 9.17) is 0 Å². The van der Waals surface area contributed by atoms with Crippen molar-refractivity contribution in [1.29, 1.82) is 0 Å². The Morgan fingerprint density at radius 2 is 1.90 bits per heavy atom. The molecular weight excluding hydrogens is 244 g/mol. The third kappa shape index (κ3) is 2.90. The zero-order chi connectivity index (χ0) is 13.9. The van der Waals surface area contributed by atoms with Crippen molar-refractivity contribution in [1.82, 2.24) is 9.88 Å². The number of para-hydroxylation sites is 1. The second-order valence-electron chi connectivity index (χ2n) is 6.41. The molecule has 1 aromatic carbocycles. The van der Waals surface area contributed by atoms with E-state index in [0.717, 1.165) is 25.0 Å². The Morgan fingerprint density at radius 1 is 1.15 bits per heavy atom. The lowest BCUT2D eigenvalue weighted by Gasteiger charge is -2.27. The van der Waals surface area contributed by atoms with Gasteiger partial charge in [0.1, 0.15) is 0 Å². The Labute approximate surface area is 122 Å². The Morgan fingerprint density at radius 3 is 2.70 bits per heavy atom. The van der Waals surface area contributed by atoms with Gasteiger partial charge in [-0.25, -0.2) is 0 Å². The van der Waals surface area contributed by atoms with Gasteiger partial charge in [-0.2, -0.15) is 0 Å². The smallest absolute Gasteiger partial charge is 0.0482 e. The first kappa shape index (κ1) is 13.7. The lowest BCUT2D eigenvalue weighted by molar-refractivity contribution is 0.305. The van der Waals surface area contributed by atoms with E-state index in [1.54, 1.807) is 0 Å². The van der Waals surface area contributed by atoms with E-state index >= 15 is 0 Å². The van der Waals surface area contributed by atoms with Crippen LogP contribution in [0.1, 0.15) is 38.3 Å². The van der Waals surface area contributed by atoms with Crippen molar-refractivity contribution >= 4 is 10.9 Å². The first-order chi connectivity index (χ1) is 9.74. The van der Waals surface area contributed by atoms with Gasteiger partial charge in [-0.05, 0) is 56.0 Å². The SMILES string of the molecule is Cc1cc2ccccc2n1CCNC1CCC(C)CC1. The molecule has 0 spiro atoms. The number of rotatable bonds is 4. The highest BCUT2D eigenvalue weighted by Crippen LogP contribution is 2.23. The molecule has 0 unspecified atom stereocenters. The fourth-order valence-corrected chi connectivity index (χ4v) is 3.49. The van der Waals surface area contributed by atoms with Crippen LogP contribution in [0.15, 0.2) is 30.3 Å². The maximum Gasteiger partial charge on any atom is 0.0482 e. The molecule has 1 aliphatic rings. The van der Waals surface area contributed by atoms with E-state index in [0.29, 0.717) is 0 Å². The van der Waals surface area contributed by atoms with Gasteiger partial charge in [-0.1, -0.05) is 25.1 Å². The van der Waals surface area contributed by atoms with Crippen LogP contribution < -0.4 is 5.32 Å². The van der Waals surface area contributed by atoms with Crippen LogP contribution in [0.2, 0.25) is 0 Å². The Kier molecular flexibility index (Phi) is 4.11. The van der Waals surface area contributed by atoms with Gasteiger partial charge >= 0.3 is 0 Å². The third-order valence-corrected chi connectivity index (χ3v) is 4.80. The van der Waals surface area contributed by atoms with Gasteiger partial charge in [0.05, 0.1) is 0 Å². The summed E-state index contributed by atoms with van der Waals surface area (Å²) in [6.45, 7) is 6.75. The van der Waals surface area contributed by atoms with Gasteiger partial charge in [0.25, 0.3) is 0 Å². The number of aryl methyl sites for hydroxylation is 1. The zero-order valence-corrected chi connectivity index (χ0v) is 12.7. The summed E-state index contributed by atoms with van der Waals surface area (Å²) in [5.74, 6) is 0.934. The van der Waals surface area contributed by atoms with E-state index in [1.807, 2.05) is 0 Å². The van der Waals surface area contributed by atoms with E-state index in [1.165, 1.54) is 42.3 Å². The van der Waals surface area contributed by atoms with Crippen molar-refractivity contribution < 1.29 is 0 Å². The lowest BCUT2D eigenvalue weighted by Crippen LogP contribution is -2.34. The van der Waals surface area contributed by atoms with Gasteiger partial charge < -0.3 is 9.88 Å². The lowest BCUT2D eigenvalue weighted by atomic mass is 9.87. The third-order valence-electron chi connectivity index (χ3n) is 4.80. The van der Waals surface area contributed by atoms with Crippen LogP contribution in [-0.2, 0) is 6.54 Å². The zero-order valence-electron chi connectivity index (χ0n) is 12.7. The maximum absolute atomic E-state index is 3.75. The van der Waals surface area contributed by atoms with Crippen LogP contribution >= 0.6 is 0 Å². The van der Waals surface area contributed by atoms with Crippen LogP contribution in [0.3, 0.4) is 0 Å². The molecule has 0 bridgehead atoms. The Bertz CT molecular complexity index is 562. The minimum atomic E-state index is 0.744. The summed E-state index contributed by atoms with van der Waals surface area (Å²) in [6.07, 6.45) is 5.49. The standard InChI is InChI=1S/C18H26N2/c1-14-7-9-17(10-8-14)19-11-12-20-15(2)13-16-5-3-4-6-18(16)20/h3-6,13-14,17,19H,7-12H2,1-2H3. The largest absolute Gasteiger partial charge is 0.344 e. The normalized spacial score (nSPS) is 23.3. The van der Waals surface area contributed by atoms with Crippen LogP contribution in [-0.4, -0.2) is 17.2 Å². The van der Waals surface area contributed by atoms with Crippen LogP contribution in [0.5, 0.6) is 0 Å². The molecule has 1 N–H and O–H groups in total. The molecule has 0 amide bonds. The number of fused-ring (bicyclic) bond motifs is 1. The average molecular weight is 270 g/mol. The number of nitrogens with zero attached hydrogens (tertiary/aromatic N) is 1. The first-order valence-electron chi connectivity index (χ1n) is 8.02. The summed E-state index contributed by atoms with van der Waals surface area (Å²) in [7, 11) is 0. The number of hydrogen-bond acceptors (Lipinski definition) is 1. The summed E-state index contributed by atoms with van der Waals surface area (Å²) in [5, 5.41) is 5.11. The summed E-state index contributed by atoms with van der Waals surface area (Å²) in [4.78, 5) is 0. The first-order valence-corrected chi connectivity index (χ1v) is 8.02. The molecule has 2 nitrogen and oxygen atoms in total. The molecule has 1 aromatic heterocycles. The molecule has 3 rings (SSSR count). The summed E-state index contributed by atoms with van der Waals surface area (Å²) >= 11 is 0. The molecule has 20 heavy (non-hydrogen) atoms. The molecule has 0 radical (unpaired) electrons. The van der Waals surface area contributed by atoms with Crippen molar-refractivity contribution in [2.45, 2.75) is 52.1 Å². The second kappa shape index (κ2) is 6.01. The van der Waals surface area contributed by atoms with E-state index in [-0.39, 0.29) is 0 Å². The molecule has 0 saturated heterocycles. The molecule has 1 aliphatic carbocycles. The highest BCUT2D eigenvalue weighted by molar-refractivity contribution is 5.81. The van der Waals surface area contributed by atoms with Crippen LogP contribution in [0, 0.1) is 12.8 Å². The monoisotopic (exact) mass is 270 g/mol. The summed E-state index contributed by atoms with van der Waals surface area (Å²) in [5.41, 5.74) is 2.73. The van der Waals surface area contributed by atoms with E-state index < -0.39 is 0 Å². The summed E-state index contributed by atoms with van der Waals surface area (Å²) < 4.78 is 2.44. The van der Waals surface area contributed by atoms with Crippen molar-refractivity contribution in [2.75, 3.05) is 6.54 Å². The fourth-order valence-electron chi connectivity index (χ4n) is 3.49. The van der Waals surface area contributed by atoms with Gasteiger partial charge in [-0.15, -0.1) is 0 Å². The Balaban J connectivity index is 1.59. The van der Waals surface area contributed by atoms with Gasteiger partial charge in [0.15, 0.2) is 0 Å². The van der Waals surface area contributed by atoms with Gasteiger partial charge in [0.2, 0.25) is 0 Å². The minimum Gasteiger partial charge on any atom is -0.344 e. The molecule has 2 aromatic rings. The molecule has 108 valence electrons. The molecule has 1 saturated carbocycles. The molecule has 0 aliphatic heterocycles. The van der Waals surface area contributed by atoms with Gasteiger partial charge in [-0.3, -0.25) is 0 Å². The molecule has 1 fully saturated rings. The van der Waals surface area contributed by atoms with Crippen molar-refractivity contribution in [3.8, 4) is 0 Å². The fraction of sp³-hybridized carbons (Fsp3) is 0.556. The van der Waals surface area contributed by atoms with E-state index in [2.05, 4.69) is 54.1 Å². The topological polar surface area (TPSA) is 17.0 Å². The highest BCUT2D eigenvalue weighted by atomic mass is 15.0. The summed E-state index contributed by atoms with van der Waals surface area (Å²) in [6, 6.07) is 11.7. The quantitative estimate of drug-likeness (QED) is 0.884. The minimum absolute atomic E-state index is 0.744. The molecule has 1 heterocycles. The van der Waals surface area contributed by atoms with Crippen LogP contribution in [0.25, 0.3) is 10.9 Å². The average Bonchev–Trinajstić information content (AvgIpc) is 2.77. The van der Waals surface area contributed by atoms with E-state index in [9.17, 15) is 0 Å². The molecule has 2 heteroatoms. The second-order valence-corrected chi connectivity index (χ2v) is 6.41. The van der Waals surface area contributed by atoms with Crippen molar-refractivity contribution in [3.63, 3.8) is 0 Å². The van der Waals surface area contributed by atoms with Gasteiger partial charge in [0, 0.05) is 30.3 Å². The molecule has 0 atom stereocenters. The number of nitrogens with one attached hydrogen (secondary N) is 1. The number of aromatic nitrogens is 1. The highest BCUT2D eigenvalue weighted by Gasteiger charge is 2.17. The predicted octanol–water partition coefficient (Wildman–Crippen LogP) is 4.12. The van der Waals surface area contributed by atoms with Crippen molar-refractivity contribution in [3.05, 3.63) is 36.0 Å². The number of benzene rings is 1. The number of hydrogen-bond donors (Lipinski definition) is 1. The Hall–Kier alpha value is -1.28. The molecular formula is C18H26N2. The maximum atomic E-state index is 3.75.